The van der Waals surface area contributed by atoms with E-state index in [1.54, 1.807) is 17.4 Å². The summed E-state index contributed by atoms with van der Waals surface area (Å²) in [5.74, 6) is 0. The Hall–Kier alpha value is -1.29. The Labute approximate surface area is 118 Å². The van der Waals surface area contributed by atoms with E-state index in [0.717, 1.165) is 20.8 Å². The van der Waals surface area contributed by atoms with Crippen molar-refractivity contribution in [1.82, 2.24) is 4.98 Å². The fourth-order valence-electron chi connectivity index (χ4n) is 1.72. The molecule has 3 rings (SSSR count). The number of hydrogen-bond donors (Lipinski definition) is 1. The highest BCUT2D eigenvalue weighted by molar-refractivity contribution is 7.21. The van der Waals surface area contributed by atoms with Crippen molar-refractivity contribution in [2.75, 3.05) is 5.73 Å². The number of nitrogens with two attached hydrogens (primary N) is 1. The van der Waals surface area contributed by atoms with Crippen LogP contribution in [0.3, 0.4) is 0 Å². The summed E-state index contributed by atoms with van der Waals surface area (Å²) >= 11 is 13.7. The molecule has 2 aromatic carbocycles. The Balaban J connectivity index is 2.19. The molecule has 1 heterocycles. The van der Waals surface area contributed by atoms with E-state index >= 15 is 0 Å². The second-order valence-corrected chi connectivity index (χ2v) is 5.74. The lowest BCUT2D eigenvalue weighted by Gasteiger charge is -2.00. The van der Waals surface area contributed by atoms with Crippen molar-refractivity contribution >= 4 is 50.4 Å². The van der Waals surface area contributed by atoms with Crippen LogP contribution in [0.4, 0.5) is 5.69 Å². The molecule has 0 saturated heterocycles. The number of halogens is 2. The second kappa shape index (κ2) is 4.43. The number of thiazole rings is 1. The second-order valence-electron chi connectivity index (χ2n) is 3.87. The molecule has 0 aliphatic carbocycles. The summed E-state index contributed by atoms with van der Waals surface area (Å²) in [4.78, 5) is 4.54. The first-order valence-electron chi connectivity index (χ1n) is 5.25. The van der Waals surface area contributed by atoms with Crippen LogP contribution >= 0.6 is 34.5 Å². The smallest absolute Gasteiger partial charge is 0.126 e. The Morgan fingerprint density at radius 1 is 1.06 bits per heavy atom. The van der Waals surface area contributed by atoms with E-state index < -0.39 is 0 Å². The van der Waals surface area contributed by atoms with E-state index in [2.05, 4.69) is 4.98 Å². The number of fused-ring (bicyclic) bond motifs is 1. The van der Waals surface area contributed by atoms with Crippen LogP contribution in [0.2, 0.25) is 10.0 Å². The monoisotopic (exact) mass is 294 g/mol. The van der Waals surface area contributed by atoms with Crippen LogP contribution in [-0.2, 0) is 0 Å². The molecule has 0 radical (unpaired) electrons. The predicted molar refractivity (Wildman–Crippen MR) is 79.5 cm³/mol. The van der Waals surface area contributed by atoms with Gasteiger partial charge < -0.3 is 5.73 Å². The average Bonchev–Trinajstić information content (AvgIpc) is 2.71. The van der Waals surface area contributed by atoms with Crippen molar-refractivity contribution in [3.05, 3.63) is 46.4 Å². The molecular formula is C13H8Cl2N2S. The minimum absolute atomic E-state index is 0.611. The van der Waals surface area contributed by atoms with E-state index in [1.807, 2.05) is 30.3 Å². The maximum Gasteiger partial charge on any atom is 0.126 e. The Morgan fingerprint density at radius 2 is 1.89 bits per heavy atom. The number of anilines is 1. The summed E-state index contributed by atoms with van der Waals surface area (Å²) in [6.07, 6.45) is 0. The SMILES string of the molecule is Nc1ccc(-c2nc3cc(Cl)ccc3s2)c(Cl)c1. The zero-order valence-electron chi connectivity index (χ0n) is 9.15. The molecule has 0 spiro atoms. The van der Waals surface area contributed by atoms with Gasteiger partial charge in [0.05, 0.1) is 15.2 Å². The zero-order chi connectivity index (χ0) is 12.7. The molecule has 0 aliphatic rings. The van der Waals surface area contributed by atoms with Crippen LogP contribution < -0.4 is 5.73 Å². The van der Waals surface area contributed by atoms with Crippen LogP contribution in [0.25, 0.3) is 20.8 Å². The Morgan fingerprint density at radius 3 is 2.67 bits per heavy atom. The van der Waals surface area contributed by atoms with Gasteiger partial charge in [0.25, 0.3) is 0 Å². The number of nitrogen functional groups attached to an aromatic ring is 1. The minimum atomic E-state index is 0.611. The molecule has 0 fully saturated rings. The number of rotatable bonds is 1. The van der Waals surface area contributed by atoms with Crippen molar-refractivity contribution < 1.29 is 0 Å². The maximum atomic E-state index is 6.18. The summed E-state index contributed by atoms with van der Waals surface area (Å²) in [5, 5.41) is 2.17. The average molecular weight is 295 g/mol. The molecule has 0 bridgehead atoms. The number of hydrogen-bond acceptors (Lipinski definition) is 3. The number of benzene rings is 2. The van der Waals surface area contributed by atoms with E-state index in [1.165, 1.54) is 0 Å². The minimum Gasteiger partial charge on any atom is -0.399 e. The van der Waals surface area contributed by atoms with Gasteiger partial charge in [0.2, 0.25) is 0 Å². The van der Waals surface area contributed by atoms with Gasteiger partial charge in [-0.05, 0) is 36.4 Å². The van der Waals surface area contributed by atoms with Crippen LogP contribution in [0, 0.1) is 0 Å². The molecule has 1 aromatic heterocycles. The van der Waals surface area contributed by atoms with E-state index in [4.69, 9.17) is 28.9 Å². The molecule has 0 unspecified atom stereocenters. The van der Waals surface area contributed by atoms with Gasteiger partial charge in [-0.15, -0.1) is 11.3 Å². The van der Waals surface area contributed by atoms with Crippen LogP contribution in [0.1, 0.15) is 0 Å². The highest BCUT2D eigenvalue weighted by atomic mass is 35.5. The molecule has 90 valence electrons. The summed E-state index contributed by atoms with van der Waals surface area (Å²) < 4.78 is 1.09. The summed E-state index contributed by atoms with van der Waals surface area (Å²) in [6, 6.07) is 11.1. The quantitative estimate of drug-likeness (QED) is 0.652. The van der Waals surface area contributed by atoms with Crippen LogP contribution in [0.5, 0.6) is 0 Å². The fraction of sp³-hybridized carbons (Fsp3) is 0. The standard InChI is InChI=1S/C13H8Cl2N2S/c14-7-1-4-12-11(5-7)17-13(18-12)9-3-2-8(16)6-10(9)15/h1-6H,16H2. The summed E-state index contributed by atoms with van der Waals surface area (Å²) in [7, 11) is 0. The highest BCUT2D eigenvalue weighted by Crippen LogP contribution is 2.35. The molecule has 18 heavy (non-hydrogen) atoms. The Bertz CT molecular complexity index is 737. The van der Waals surface area contributed by atoms with Gasteiger partial charge in [0.1, 0.15) is 5.01 Å². The fourth-order valence-corrected chi connectivity index (χ4v) is 3.21. The maximum absolute atomic E-state index is 6.18. The third kappa shape index (κ3) is 2.05. The van der Waals surface area contributed by atoms with Gasteiger partial charge in [-0.2, -0.15) is 0 Å². The first-order chi connectivity index (χ1) is 8.63. The van der Waals surface area contributed by atoms with E-state index in [9.17, 15) is 0 Å². The molecule has 0 aliphatic heterocycles. The third-order valence-electron chi connectivity index (χ3n) is 2.57. The lowest BCUT2D eigenvalue weighted by atomic mass is 10.2. The van der Waals surface area contributed by atoms with Gasteiger partial charge in [0.15, 0.2) is 0 Å². The van der Waals surface area contributed by atoms with Gasteiger partial charge in [-0.25, -0.2) is 4.98 Å². The molecule has 2 nitrogen and oxygen atoms in total. The first kappa shape index (κ1) is 11.8. The lowest BCUT2D eigenvalue weighted by molar-refractivity contribution is 1.48. The largest absolute Gasteiger partial charge is 0.399 e. The molecule has 0 saturated carbocycles. The topological polar surface area (TPSA) is 38.9 Å². The summed E-state index contributed by atoms with van der Waals surface area (Å²) in [5.41, 5.74) is 8.10. The van der Waals surface area contributed by atoms with Gasteiger partial charge in [-0.1, -0.05) is 23.2 Å². The molecule has 0 amide bonds. The molecule has 3 aromatic rings. The summed E-state index contributed by atoms with van der Waals surface area (Å²) in [6.45, 7) is 0. The molecule has 0 atom stereocenters. The van der Waals surface area contributed by atoms with Crippen molar-refractivity contribution in [2.45, 2.75) is 0 Å². The first-order valence-corrected chi connectivity index (χ1v) is 6.82. The van der Waals surface area contributed by atoms with Crippen LogP contribution in [-0.4, -0.2) is 4.98 Å². The van der Waals surface area contributed by atoms with E-state index in [-0.39, 0.29) is 0 Å². The van der Waals surface area contributed by atoms with Crippen molar-refractivity contribution in [3.8, 4) is 10.6 Å². The molecular weight excluding hydrogens is 287 g/mol. The highest BCUT2D eigenvalue weighted by Gasteiger charge is 2.10. The zero-order valence-corrected chi connectivity index (χ0v) is 11.5. The normalized spacial score (nSPS) is 11.0. The van der Waals surface area contributed by atoms with Crippen molar-refractivity contribution in [1.29, 1.82) is 0 Å². The van der Waals surface area contributed by atoms with Gasteiger partial charge in [-0.3, -0.25) is 0 Å². The third-order valence-corrected chi connectivity index (χ3v) is 4.19. The number of nitrogens with zero attached hydrogens (tertiary/aromatic N) is 1. The molecule has 5 heteroatoms. The van der Waals surface area contributed by atoms with Crippen molar-refractivity contribution in [2.24, 2.45) is 0 Å². The predicted octanol–water partition coefficient (Wildman–Crippen LogP) is 4.85. The van der Waals surface area contributed by atoms with Crippen molar-refractivity contribution in [3.63, 3.8) is 0 Å². The van der Waals surface area contributed by atoms with E-state index in [0.29, 0.717) is 15.7 Å². The number of aromatic nitrogens is 1. The lowest BCUT2D eigenvalue weighted by Crippen LogP contribution is -1.85. The van der Waals surface area contributed by atoms with Gasteiger partial charge >= 0.3 is 0 Å². The van der Waals surface area contributed by atoms with Gasteiger partial charge in [0, 0.05) is 16.3 Å². The Kier molecular flexibility index (Phi) is 2.90. The molecule has 2 N–H and O–H groups in total. The van der Waals surface area contributed by atoms with Crippen LogP contribution in [0.15, 0.2) is 36.4 Å².